The third-order valence-corrected chi connectivity index (χ3v) is 8.60. The molecule has 0 amide bonds. The molecule has 3 aliphatic rings. The van der Waals surface area contributed by atoms with Crippen molar-refractivity contribution in [2.24, 2.45) is 29.1 Å². The average molecular weight is 495 g/mol. The zero-order chi connectivity index (χ0) is 26.4. The van der Waals surface area contributed by atoms with Crippen molar-refractivity contribution < 1.29 is 28.6 Å². The Kier molecular flexibility index (Phi) is 6.93. The molecule has 2 saturated carbocycles. The van der Waals surface area contributed by atoms with Gasteiger partial charge in [-0.2, -0.15) is 0 Å². The molecule has 36 heavy (non-hydrogen) atoms. The van der Waals surface area contributed by atoms with Gasteiger partial charge in [0.05, 0.1) is 18.6 Å². The lowest BCUT2D eigenvalue weighted by Gasteiger charge is -2.34. The van der Waals surface area contributed by atoms with Crippen LogP contribution in [-0.2, 0) is 19.1 Å². The van der Waals surface area contributed by atoms with Crippen LogP contribution in [0.25, 0.3) is 0 Å². The molecule has 0 heterocycles. The summed E-state index contributed by atoms with van der Waals surface area (Å²) in [4.78, 5) is 39.6. The van der Waals surface area contributed by atoms with Crippen molar-refractivity contribution in [2.45, 2.75) is 72.5 Å². The SMILES string of the molecule is COc1ccc(C(=O)O[C@H]2[C@@H](C)C[C@]3(OC(C)=O)C(=O)/C(C)=C/[C@@H]4[C@H](CC/C(C)=C/[C@@H]23)C4(C)C)cc1. The number of allylic oxidation sites excluding steroid dienone is 2. The first-order valence-electron chi connectivity index (χ1n) is 12.9. The van der Waals surface area contributed by atoms with Gasteiger partial charge in [-0.05, 0) is 79.7 Å². The van der Waals surface area contributed by atoms with E-state index in [-0.39, 0.29) is 17.1 Å². The summed E-state index contributed by atoms with van der Waals surface area (Å²) in [6.45, 7) is 11.7. The number of hydrogen-bond acceptors (Lipinski definition) is 6. The number of benzene rings is 1. The molecule has 0 aliphatic heterocycles. The molecule has 4 rings (SSSR count). The van der Waals surface area contributed by atoms with Gasteiger partial charge in [-0.3, -0.25) is 9.59 Å². The third-order valence-electron chi connectivity index (χ3n) is 8.60. The molecule has 194 valence electrons. The Balaban J connectivity index is 1.74. The minimum atomic E-state index is -1.41. The van der Waals surface area contributed by atoms with Crippen LogP contribution in [-0.4, -0.2) is 36.5 Å². The van der Waals surface area contributed by atoms with Crippen LogP contribution >= 0.6 is 0 Å². The largest absolute Gasteiger partial charge is 0.497 e. The molecule has 3 aliphatic carbocycles. The second kappa shape index (κ2) is 9.53. The summed E-state index contributed by atoms with van der Waals surface area (Å²) in [6, 6.07) is 6.73. The number of fused-ring (bicyclic) bond motifs is 2. The number of rotatable bonds is 4. The molecule has 1 aromatic rings. The van der Waals surface area contributed by atoms with E-state index in [1.165, 1.54) is 6.92 Å². The summed E-state index contributed by atoms with van der Waals surface area (Å²) in [6.07, 6.45) is 5.69. The van der Waals surface area contributed by atoms with Crippen LogP contribution in [0, 0.1) is 29.1 Å². The van der Waals surface area contributed by atoms with Gasteiger partial charge in [0.25, 0.3) is 0 Å². The first-order valence-corrected chi connectivity index (χ1v) is 12.9. The lowest BCUT2D eigenvalue weighted by molar-refractivity contribution is -0.168. The summed E-state index contributed by atoms with van der Waals surface area (Å²) in [5, 5.41) is 0. The van der Waals surface area contributed by atoms with Crippen molar-refractivity contribution in [1.29, 1.82) is 0 Å². The van der Waals surface area contributed by atoms with Gasteiger partial charge in [-0.15, -0.1) is 0 Å². The van der Waals surface area contributed by atoms with Crippen LogP contribution in [0.3, 0.4) is 0 Å². The number of carbonyl (C=O) groups excluding carboxylic acids is 3. The molecule has 0 radical (unpaired) electrons. The fourth-order valence-electron chi connectivity index (χ4n) is 6.46. The first-order chi connectivity index (χ1) is 16.9. The van der Waals surface area contributed by atoms with Gasteiger partial charge < -0.3 is 14.2 Å². The van der Waals surface area contributed by atoms with Crippen LogP contribution in [0.15, 0.2) is 47.6 Å². The first kappa shape index (κ1) is 26.2. The maximum Gasteiger partial charge on any atom is 0.338 e. The van der Waals surface area contributed by atoms with E-state index in [2.05, 4.69) is 26.8 Å². The lowest BCUT2D eigenvalue weighted by atomic mass is 9.81. The molecule has 6 atom stereocenters. The topological polar surface area (TPSA) is 78.9 Å². The van der Waals surface area contributed by atoms with Crippen molar-refractivity contribution >= 4 is 17.7 Å². The highest BCUT2D eigenvalue weighted by Crippen LogP contribution is 2.62. The number of ether oxygens (including phenoxy) is 3. The van der Waals surface area contributed by atoms with Gasteiger partial charge in [0.15, 0.2) is 5.60 Å². The van der Waals surface area contributed by atoms with Crippen molar-refractivity contribution in [3.63, 3.8) is 0 Å². The van der Waals surface area contributed by atoms with E-state index in [1.54, 1.807) is 31.4 Å². The highest BCUT2D eigenvalue weighted by Gasteiger charge is 2.61. The zero-order valence-corrected chi connectivity index (χ0v) is 22.4. The summed E-state index contributed by atoms with van der Waals surface area (Å²) in [5.74, 6) is -0.466. The van der Waals surface area contributed by atoms with Crippen LogP contribution < -0.4 is 4.74 Å². The number of hydrogen-bond donors (Lipinski definition) is 0. The van der Waals surface area contributed by atoms with Crippen molar-refractivity contribution in [2.75, 3.05) is 7.11 Å². The summed E-state index contributed by atoms with van der Waals surface area (Å²) in [7, 11) is 1.57. The monoisotopic (exact) mass is 494 g/mol. The van der Waals surface area contributed by atoms with Gasteiger partial charge in [0, 0.05) is 13.3 Å². The Morgan fingerprint density at radius 3 is 2.31 bits per heavy atom. The smallest absolute Gasteiger partial charge is 0.338 e. The molecule has 0 N–H and O–H groups in total. The van der Waals surface area contributed by atoms with E-state index in [4.69, 9.17) is 14.2 Å². The second-order valence-corrected chi connectivity index (χ2v) is 11.5. The predicted octanol–water partition coefficient (Wildman–Crippen LogP) is 5.71. The van der Waals surface area contributed by atoms with E-state index in [1.807, 2.05) is 19.9 Å². The van der Waals surface area contributed by atoms with Gasteiger partial charge in [0.1, 0.15) is 11.9 Å². The zero-order valence-electron chi connectivity index (χ0n) is 22.4. The normalized spacial score (nSPS) is 36.1. The maximum absolute atomic E-state index is 14.1. The highest BCUT2D eigenvalue weighted by molar-refractivity contribution is 6.03. The summed E-state index contributed by atoms with van der Waals surface area (Å²) >= 11 is 0. The van der Waals surface area contributed by atoms with Crippen molar-refractivity contribution in [3.8, 4) is 5.75 Å². The number of methoxy groups -OCH3 is 1. The maximum atomic E-state index is 14.1. The Bertz CT molecular complexity index is 1110. The van der Waals surface area contributed by atoms with Gasteiger partial charge in [-0.1, -0.05) is 38.5 Å². The standard InChI is InChI=1S/C30H38O6/c1-17-8-13-23-24(29(23,5)6)15-18(2)27(32)30(36-20(4)31)16-19(3)26(25(30)14-17)35-28(33)21-9-11-22(34-7)12-10-21/h9-12,14-15,19,23-26H,8,13,16H2,1-7H3/b17-14+,18-15+/t19-,23-,24+,25-,26-,30+/m0/s1. The molecule has 0 unspecified atom stereocenters. The Labute approximate surface area is 214 Å². The molecule has 0 bridgehead atoms. The third kappa shape index (κ3) is 4.62. The van der Waals surface area contributed by atoms with Crippen molar-refractivity contribution in [1.82, 2.24) is 0 Å². The highest BCUT2D eigenvalue weighted by atomic mass is 16.6. The molecule has 1 aromatic carbocycles. The van der Waals surface area contributed by atoms with Crippen LogP contribution in [0.5, 0.6) is 5.75 Å². The van der Waals surface area contributed by atoms with Gasteiger partial charge in [-0.25, -0.2) is 4.79 Å². The van der Waals surface area contributed by atoms with E-state index >= 15 is 0 Å². The van der Waals surface area contributed by atoms with Crippen LogP contribution in [0.4, 0.5) is 0 Å². The van der Waals surface area contributed by atoms with Crippen LogP contribution in [0.2, 0.25) is 0 Å². The minimum absolute atomic E-state index is 0.147. The molecule has 6 nitrogen and oxygen atoms in total. The number of ketones is 1. The van der Waals surface area contributed by atoms with Gasteiger partial charge >= 0.3 is 11.9 Å². The van der Waals surface area contributed by atoms with Crippen LogP contribution in [0.1, 0.15) is 71.2 Å². The molecular weight excluding hydrogens is 456 g/mol. The molecule has 0 spiro atoms. The predicted molar refractivity (Wildman–Crippen MR) is 136 cm³/mol. The Morgan fingerprint density at radius 1 is 1.03 bits per heavy atom. The quantitative estimate of drug-likeness (QED) is 0.394. The molecule has 0 saturated heterocycles. The molecule has 2 fully saturated rings. The number of Topliss-reactive ketones (excluding diaryl/α,β-unsaturated/α-hetero) is 1. The molecule has 0 aromatic heterocycles. The lowest BCUT2D eigenvalue weighted by Crippen LogP contribution is -2.48. The second-order valence-electron chi connectivity index (χ2n) is 11.5. The Hall–Kier alpha value is -2.89. The average Bonchev–Trinajstić information content (AvgIpc) is 3.24. The molecular formula is C30H38O6. The summed E-state index contributed by atoms with van der Waals surface area (Å²) < 4.78 is 17.2. The van der Waals surface area contributed by atoms with Gasteiger partial charge in [0.2, 0.25) is 5.78 Å². The Morgan fingerprint density at radius 2 is 1.69 bits per heavy atom. The summed E-state index contributed by atoms with van der Waals surface area (Å²) in [5.41, 5.74) is 0.870. The number of carbonyl (C=O) groups is 3. The van der Waals surface area contributed by atoms with Crippen molar-refractivity contribution in [3.05, 3.63) is 53.1 Å². The number of esters is 2. The van der Waals surface area contributed by atoms with E-state index in [9.17, 15) is 14.4 Å². The molecule has 6 heteroatoms. The fraction of sp³-hybridized carbons (Fsp3) is 0.567. The fourth-order valence-corrected chi connectivity index (χ4v) is 6.46. The minimum Gasteiger partial charge on any atom is -0.497 e. The van der Waals surface area contributed by atoms with E-state index in [0.717, 1.165) is 18.4 Å². The van der Waals surface area contributed by atoms with E-state index in [0.29, 0.717) is 35.1 Å². The van der Waals surface area contributed by atoms with E-state index < -0.39 is 29.6 Å².